The van der Waals surface area contributed by atoms with Crippen LogP contribution < -0.4 is 15.2 Å². The zero-order valence-corrected chi connectivity index (χ0v) is 15.3. The van der Waals surface area contributed by atoms with Crippen molar-refractivity contribution in [1.29, 1.82) is 0 Å². The molecule has 0 unspecified atom stereocenters. The van der Waals surface area contributed by atoms with Crippen LogP contribution in [0.4, 0.5) is 5.69 Å². The number of anilines is 1. The third kappa shape index (κ3) is 4.08. The molecule has 2 aromatic rings. The number of hydrogen-bond donors (Lipinski definition) is 1. The molecule has 0 bridgehead atoms. The van der Waals surface area contributed by atoms with Gasteiger partial charge in [0.15, 0.2) is 0 Å². The number of ether oxygens (including phenoxy) is 2. The molecule has 0 spiro atoms. The third-order valence-corrected chi connectivity index (χ3v) is 4.66. The molecule has 2 aromatic carbocycles. The van der Waals surface area contributed by atoms with Crippen LogP contribution in [0.15, 0.2) is 42.5 Å². The molecule has 2 N–H and O–H groups in total. The summed E-state index contributed by atoms with van der Waals surface area (Å²) >= 11 is 0. The predicted octanol–water partition coefficient (Wildman–Crippen LogP) is 2.24. The van der Waals surface area contributed by atoms with Crippen molar-refractivity contribution in [3.05, 3.63) is 53.6 Å². The summed E-state index contributed by atoms with van der Waals surface area (Å²) in [6, 6.07) is 13.2. The number of nitrogens with two attached hydrogens (primary N) is 1. The molecule has 0 aromatic heterocycles. The monoisotopic (exact) mass is 355 g/mol. The van der Waals surface area contributed by atoms with Gasteiger partial charge >= 0.3 is 0 Å². The minimum Gasteiger partial charge on any atom is -0.497 e. The summed E-state index contributed by atoms with van der Waals surface area (Å²) < 4.78 is 10.6. The molecule has 1 amide bonds. The largest absolute Gasteiger partial charge is 0.497 e. The molecule has 138 valence electrons. The fourth-order valence-corrected chi connectivity index (χ4v) is 3.20. The predicted molar refractivity (Wildman–Crippen MR) is 102 cm³/mol. The van der Waals surface area contributed by atoms with E-state index in [-0.39, 0.29) is 5.91 Å². The van der Waals surface area contributed by atoms with Crippen molar-refractivity contribution in [3.8, 4) is 11.5 Å². The fraction of sp³-hybridized carbons (Fsp3) is 0.350. The number of amides is 1. The van der Waals surface area contributed by atoms with Gasteiger partial charge in [-0.2, -0.15) is 0 Å². The Hall–Kier alpha value is -2.73. The van der Waals surface area contributed by atoms with Crippen LogP contribution in [0.2, 0.25) is 0 Å². The van der Waals surface area contributed by atoms with Gasteiger partial charge in [0.05, 0.1) is 19.8 Å². The maximum atomic E-state index is 12.9. The van der Waals surface area contributed by atoms with E-state index in [4.69, 9.17) is 15.2 Å². The lowest BCUT2D eigenvalue weighted by Gasteiger charge is -2.35. The minimum absolute atomic E-state index is 0.00638. The molecule has 0 aliphatic carbocycles. The van der Waals surface area contributed by atoms with Crippen LogP contribution >= 0.6 is 0 Å². The highest BCUT2D eigenvalue weighted by Crippen LogP contribution is 2.26. The van der Waals surface area contributed by atoms with Gasteiger partial charge in [0.25, 0.3) is 5.91 Å². The second-order valence-corrected chi connectivity index (χ2v) is 6.38. The van der Waals surface area contributed by atoms with E-state index < -0.39 is 0 Å². The van der Waals surface area contributed by atoms with Crippen LogP contribution in [-0.2, 0) is 6.54 Å². The van der Waals surface area contributed by atoms with Crippen molar-refractivity contribution in [2.75, 3.05) is 46.1 Å². The molecule has 0 saturated carbocycles. The maximum absolute atomic E-state index is 12.9. The van der Waals surface area contributed by atoms with Crippen LogP contribution in [-0.4, -0.2) is 56.1 Å². The van der Waals surface area contributed by atoms with Crippen molar-refractivity contribution in [2.45, 2.75) is 6.54 Å². The molecular weight excluding hydrogens is 330 g/mol. The Balaban J connectivity index is 1.62. The number of nitrogen functional groups attached to an aromatic ring is 1. The highest BCUT2D eigenvalue weighted by atomic mass is 16.5. The zero-order valence-electron chi connectivity index (χ0n) is 15.3. The molecule has 3 rings (SSSR count). The van der Waals surface area contributed by atoms with Gasteiger partial charge in [-0.25, -0.2) is 0 Å². The van der Waals surface area contributed by atoms with Crippen LogP contribution in [0.1, 0.15) is 15.9 Å². The van der Waals surface area contributed by atoms with Crippen molar-refractivity contribution in [3.63, 3.8) is 0 Å². The Labute approximate surface area is 154 Å². The summed E-state index contributed by atoms with van der Waals surface area (Å²) in [6.07, 6.45) is 0. The number of nitrogens with zero attached hydrogens (tertiary/aromatic N) is 2. The molecule has 26 heavy (non-hydrogen) atoms. The number of benzene rings is 2. The number of hydrogen-bond acceptors (Lipinski definition) is 5. The molecule has 1 aliphatic heterocycles. The van der Waals surface area contributed by atoms with E-state index >= 15 is 0 Å². The number of piperazine rings is 1. The topological polar surface area (TPSA) is 68.0 Å². The van der Waals surface area contributed by atoms with E-state index in [1.807, 2.05) is 23.1 Å². The van der Waals surface area contributed by atoms with Gasteiger partial charge in [0.2, 0.25) is 0 Å². The Morgan fingerprint density at radius 1 is 1.04 bits per heavy atom. The van der Waals surface area contributed by atoms with Crippen LogP contribution in [0.25, 0.3) is 0 Å². The number of methoxy groups -OCH3 is 2. The second-order valence-electron chi connectivity index (χ2n) is 6.38. The van der Waals surface area contributed by atoms with Crippen LogP contribution in [0.3, 0.4) is 0 Å². The van der Waals surface area contributed by atoms with Crippen molar-refractivity contribution in [2.24, 2.45) is 0 Å². The Kier molecular flexibility index (Phi) is 5.63. The second kappa shape index (κ2) is 8.10. The summed E-state index contributed by atoms with van der Waals surface area (Å²) in [6.45, 7) is 3.89. The first-order valence-corrected chi connectivity index (χ1v) is 8.69. The fourth-order valence-electron chi connectivity index (χ4n) is 3.20. The van der Waals surface area contributed by atoms with Crippen LogP contribution in [0, 0.1) is 0 Å². The maximum Gasteiger partial charge on any atom is 0.257 e. The number of carbonyl (C=O) groups is 1. The highest BCUT2D eigenvalue weighted by Gasteiger charge is 2.24. The summed E-state index contributed by atoms with van der Waals surface area (Å²) in [5.41, 5.74) is 8.39. The molecular formula is C20H25N3O3. The van der Waals surface area contributed by atoms with E-state index in [0.29, 0.717) is 30.2 Å². The number of rotatable bonds is 5. The van der Waals surface area contributed by atoms with Gasteiger partial charge in [-0.15, -0.1) is 0 Å². The van der Waals surface area contributed by atoms with Crippen LogP contribution in [0.5, 0.6) is 11.5 Å². The van der Waals surface area contributed by atoms with E-state index in [0.717, 1.165) is 25.3 Å². The quantitative estimate of drug-likeness (QED) is 0.833. The first-order valence-electron chi connectivity index (χ1n) is 8.69. The Bertz CT molecular complexity index is 771. The average Bonchev–Trinajstić information content (AvgIpc) is 2.67. The summed E-state index contributed by atoms with van der Waals surface area (Å²) in [5, 5.41) is 0. The first kappa shape index (κ1) is 18.1. The van der Waals surface area contributed by atoms with E-state index in [1.54, 1.807) is 32.4 Å². The van der Waals surface area contributed by atoms with Gasteiger partial charge < -0.3 is 20.1 Å². The Morgan fingerprint density at radius 2 is 1.81 bits per heavy atom. The van der Waals surface area contributed by atoms with Gasteiger partial charge in [0, 0.05) is 44.5 Å². The lowest BCUT2D eigenvalue weighted by atomic mass is 10.1. The summed E-state index contributed by atoms with van der Waals surface area (Å²) in [4.78, 5) is 17.1. The summed E-state index contributed by atoms with van der Waals surface area (Å²) in [7, 11) is 3.16. The van der Waals surface area contributed by atoms with Gasteiger partial charge in [-0.05, 0) is 29.8 Å². The normalized spacial score (nSPS) is 14.9. The SMILES string of the molecule is COc1ccc(C(=O)N2CCN(Cc3cccc(N)c3)CC2)c(OC)c1. The minimum atomic E-state index is -0.00638. The first-order chi connectivity index (χ1) is 12.6. The molecule has 0 atom stereocenters. The summed E-state index contributed by atoms with van der Waals surface area (Å²) in [5.74, 6) is 1.20. The van der Waals surface area contributed by atoms with Crippen molar-refractivity contribution < 1.29 is 14.3 Å². The molecule has 6 heteroatoms. The van der Waals surface area contributed by atoms with Gasteiger partial charge in [0.1, 0.15) is 11.5 Å². The van der Waals surface area contributed by atoms with E-state index in [9.17, 15) is 4.79 Å². The lowest BCUT2D eigenvalue weighted by Crippen LogP contribution is -2.48. The van der Waals surface area contributed by atoms with Crippen molar-refractivity contribution in [1.82, 2.24) is 9.80 Å². The molecule has 1 heterocycles. The Morgan fingerprint density at radius 3 is 2.46 bits per heavy atom. The number of carbonyl (C=O) groups excluding carboxylic acids is 1. The van der Waals surface area contributed by atoms with E-state index in [2.05, 4.69) is 11.0 Å². The van der Waals surface area contributed by atoms with Gasteiger partial charge in [-0.1, -0.05) is 12.1 Å². The molecule has 1 saturated heterocycles. The molecule has 1 fully saturated rings. The smallest absolute Gasteiger partial charge is 0.257 e. The van der Waals surface area contributed by atoms with Gasteiger partial charge in [-0.3, -0.25) is 9.69 Å². The molecule has 0 radical (unpaired) electrons. The molecule has 1 aliphatic rings. The third-order valence-electron chi connectivity index (χ3n) is 4.66. The standard InChI is InChI=1S/C20H25N3O3/c1-25-17-6-7-18(19(13-17)26-2)20(24)23-10-8-22(9-11-23)14-15-4-3-5-16(21)12-15/h3-7,12-13H,8-11,14,21H2,1-2H3. The highest BCUT2D eigenvalue weighted by molar-refractivity contribution is 5.97. The zero-order chi connectivity index (χ0) is 18.5. The molecule has 6 nitrogen and oxygen atoms in total. The lowest BCUT2D eigenvalue weighted by molar-refractivity contribution is 0.0625. The van der Waals surface area contributed by atoms with Crippen molar-refractivity contribution >= 4 is 11.6 Å². The average molecular weight is 355 g/mol. The van der Waals surface area contributed by atoms with E-state index in [1.165, 1.54) is 5.56 Å².